The van der Waals surface area contributed by atoms with Crippen LogP contribution in [0.25, 0.3) is 22.1 Å². The molecule has 0 radical (unpaired) electrons. The second-order valence-electron chi connectivity index (χ2n) is 10.4. The molecule has 0 saturated carbocycles. The molecule has 0 aliphatic rings. The van der Waals surface area contributed by atoms with Crippen molar-refractivity contribution in [3.8, 4) is 0 Å². The van der Waals surface area contributed by atoms with Crippen molar-refractivity contribution in [2.24, 2.45) is 14.1 Å². The number of aromatic nitrogens is 8. The van der Waals surface area contributed by atoms with Gasteiger partial charge in [0.1, 0.15) is 16.8 Å². The molecule has 2 aromatic carbocycles. The number of benzene rings is 2. The number of Topliss-reactive ketones (excluding diaryl/α,β-unsaturated/α-hetero) is 1. The smallest absolute Gasteiger partial charge is 0.148 e. The maximum atomic E-state index is 14.8. The molecular formula is C31H30N8O. The SMILES string of the molecule is Cc1cccc(CC(C(=O)C(Cc2cccc(C)n2)c2ccc3nnn(C)c3c2)c2ccc3nnn(C)c3c2)n1. The van der Waals surface area contributed by atoms with E-state index in [2.05, 4.69) is 20.6 Å². The highest BCUT2D eigenvalue weighted by Crippen LogP contribution is 2.33. The van der Waals surface area contributed by atoms with Crippen molar-refractivity contribution in [1.29, 1.82) is 0 Å². The number of rotatable bonds is 8. The Labute approximate surface area is 231 Å². The van der Waals surface area contributed by atoms with E-state index in [9.17, 15) is 4.79 Å². The zero-order valence-corrected chi connectivity index (χ0v) is 23.0. The molecule has 9 nitrogen and oxygen atoms in total. The van der Waals surface area contributed by atoms with E-state index < -0.39 is 11.8 Å². The summed E-state index contributed by atoms with van der Waals surface area (Å²) in [6.07, 6.45) is 0.953. The molecule has 2 unspecified atom stereocenters. The Hall–Kier alpha value is -4.79. The van der Waals surface area contributed by atoms with Crippen LogP contribution in [0.15, 0.2) is 72.8 Å². The van der Waals surface area contributed by atoms with Gasteiger partial charge in [-0.3, -0.25) is 14.8 Å². The zero-order valence-electron chi connectivity index (χ0n) is 23.0. The molecule has 0 N–H and O–H groups in total. The average Bonchev–Trinajstić information content (AvgIpc) is 3.51. The molecule has 2 atom stereocenters. The molecule has 4 heterocycles. The minimum Gasteiger partial charge on any atom is -0.298 e. The van der Waals surface area contributed by atoms with Gasteiger partial charge in [0, 0.05) is 61.5 Å². The van der Waals surface area contributed by atoms with E-state index in [1.165, 1.54) is 0 Å². The highest BCUT2D eigenvalue weighted by Gasteiger charge is 2.31. The van der Waals surface area contributed by atoms with Gasteiger partial charge in [-0.25, -0.2) is 9.36 Å². The van der Waals surface area contributed by atoms with Crippen LogP contribution in [0.1, 0.15) is 45.7 Å². The number of hydrogen-bond donors (Lipinski definition) is 0. The van der Waals surface area contributed by atoms with Gasteiger partial charge in [0.05, 0.1) is 11.0 Å². The summed E-state index contributed by atoms with van der Waals surface area (Å²) in [5, 5.41) is 16.8. The fourth-order valence-corrected chi connectivity index (χ4v) is 5.38. The Kier molecular flexibility index (Phi) is 6.63. The van der Waals surface area contributed by atoms with Crippen LogP contribution in [-0.2, 0) is 31.7 Å². The Morgan fingerprint density at radius 1 is 0.675 bits per heavy atom. The van der Waals surface area contributed by atoms with Gasteiger partial charge < -0.3 is 0 Å². The van der Waals surface area contributed by atoms with E-state index in [1.54, 1.807) is 9.36 Å². The minimum atomic E-state index is -0.441. The van der Waals surface area contributed by atoms with Gasteiger partial charge in [0.25, 0.3) is 0 Å². The predicted molar refractivity (Wildman–Crippen MR) is 153 cm³/mol. The van der Waals surface area contributed by atoms with Gasteiger partial charge >= 0.3 is 0 Å². The summed E-state index contributed by atoms with van der Waals surface area (Å²) in [5.41, 5.74) is 8.77. The van der Waals surface area contributed by atoms with E-state index in [4.69, 9.17) is 9.97 Å². The summed E-state index contributed by atoms with van der Waals surface area (Å²) in [6.45, 7) is 3.94. The quantitative estimate of drug-likeness (QED) is 0.284. The molecule has 0 fully saturated rings. The van der Waals surface area contributed by atoms with Crippen molar-refractivity contribution in [3.05, 3.63) is 107 Å². The summed E-state index contributed by atoms with van der Waals surface area (Å²) < 4.78 is 3.48. The Bertz CT molecular complexity index is 1720. The van der Waals surface area contributed by atoms with Gasteiger partial charge in [-0.05, 0) is 73.5 Å². The fourth-order valence-electron chi connectivity index (χ4n) is 5.38. The van der Waals surface area contributed by atoms with Crippen LogP contribution in [0.4, 0.5) is 0 Å². The Balaban J connectivity index is 1.48. The highest BCUT2D eigenvalue weighted by molar-refractivity contribution is 5.94. The standard InChI is InChI=1S/C31H30N8O/c1-19-7-5-9-23(32-19)17-25(21-11-13-27-29(15-21)38(3)36-34-27)31(40)26(18-24-10-6-8-20(2)33-24)22-12-14-28-30(16-22)39(4)37-35-28/h5-16,25-26H,17-18H2,1-4H3. The van der Waals surface area contributed by atoms with E-state index in [0.717, 1.165) is 56.0 Å². The topological polar surface area (TPSA) is 104 Å². The highest BCUT2D eigenvalue weighted by atomic mass is 16.1. The largest absolute Gasteiger partial charge is 0.298 e. The number of pyridine rings is 2. The van der Waals surface area contributed by atoms with Gasteiger partial charge in [-0.15, -0.1) is 10.2 Å². The first kappa shape index (κ1) is 25.5. The number of fused-ring (bicyclic) bond motifs is 2. The summed E-state index contributed by atoms with van der Waals surface area (Å²) >= 11 is 0. The van der Waals surface area contributed by atoms with E-state index in [0.29, 0.717) is 12.8 Å². The van der Waals surface area contributed by atoms with Crippen LogP contribution < -0.4 is 0 Å². The molecule has 0 aliphatic heterocycles. The third-order valence-electron chi connectivity index (χ3n) is 7.48. The van der Waals surface area contributed by atoms with Gasteiger partial charge in [0.2, 0.25) is 0 Å². The molecule has 0 spiro atoms. The number of nitrogens with zero attached hydrogens (tertiary/aromatic N) is 8. The second-order valence-corrected chi connectivity index (χ2v) is 10.4. The van der Waals surface area contributed by atoms with Crippen molar-refractivity contribution in [1.82, 2.24) is 40.0 Å². The van der Waals surface area contributed by atoms with Crippen molar-refractivity contribution in [2.45, 2.75) is 38.5 Å². The van der Waals surface area contributed by atoms with Crippen LogP contribution in [0.2, 0.25) is 0 Å². The molecule has 0 saturated heterocycles. The molecule has 0 aliphatic carbocycles. The van der Waals surface area contributed by atoms with Crippen molar-refractivity contribution in [2.75, 3.05) is 0 Å². The van der Waals surface area contributed by atoms with Crippen molar-refractivity contribution < 1.29 is 4.79 Å². The molecule has 40 heavy (non-hydrogen) atoms. The average molecular weight is 531 g/mol. The number of carbonyl (C=O) groups is 1. The molecule has 4 aromatic heterocycles. The molecule has 0 bridgehead atoms. The lowest BCUT2D eigenvalue weighted by Crippen LogP contribution is -2.25. The second kappa shape index (κ2) is 10.4. The molecule has 9 heteroatoms. The molecular weight excluding hydrogens is 500 g/mol. The third-order valence-corrected chi connectivity index (χ3v) is 7.48. The lowest BCUT2D eigenvalue weighted by Gasteiger charge is -2.24. The van der Waals surface area contributed by atoms with Gasteiger partial charge in [-0.1, -0.05) is 34.7 Å². The maximum Gasteiger partial charge on any atom is 0.148 e. The minimum absolute atomic E-state index is 0.107. The predicted octanol–water partition coefficient (Wildman–Crippen LogP) is 4.58. The van der Waals surface area contributed by atoms with Gasteiger partial charge in [-0.2, -0.15) is 0 Å². The molecule has 6 aromatic rings. The van der Waals surface area contributed by atoms with Gasteiger partial charge in [0.15, 0.2) is 0 Å². The first-order chi connectivity index (χ1) is 19.4. The lowest BCUT2D eigenvalue weighted by molar-refractivity contribution is -0.122. The van der Waals surface area contributed by atoms with Crippen LogP contribution in [0, 0.1) is 13.8 Å². The van der Waals surface area contributed by atoms with E-state index in [1.807, 2.05) is 101 Å². The number of aryl methyl sites for hydroxylation is 4. The Morgan fingerprint density at radius 3 is 1.55 bits per heavy atom. The molecule has 200 valence electrons. The first-order valence-electron chi connectivity index (χ1n) is 13.3. The van der Waals surface area contributed by atoms with Crippen LogP contribution in [-0.4, -0.2) is 45.7 Å². The third kappa shape index (κ3) is 4.98. The van der Waals surface area contributed by atoms with Crippen molar-refractivity contribution in [3.63, 3.8) is 0 Å². The van der Waals surface area contributed by atoms with Crippen molar-refractivity contribution >= 4 is 27.9 Å². The van der Waals surface area contributed by atoms with Crippen LogP contribution >= 0.6 is 0 Å². The maximum absolute atomic E-state index is 14.8. The normalized spacial score (nSPS) is 13.1. The Morgan fingerprint density at radius 2 is 1.12 bits per heavy atom. The van der Waals surface area contributed by atoms with Crippen LogP contribution in [0.5, 0.6) is 0 Å². The number of hydrogen-bond acceptors (Lipinski definition) is 7. The number of carbonyl (C=O) groups excluding carboxylic acids is 1. The van der Waals surface area contributed by atoms with E-state index >= 15 is 0 Å². The fraction of sp³-hybridized carbons (Fsp3) is 0.258. The summed E-state index contributed by atoms with van der Waals surface area (Å²) in [6, 6.07) is 23.8. The monoisotopic (exact) mass is 530 g/mol. The first-order valence-corrected chi connectivity index (χ1v) is 13.3. The summed E-state index contributed by atoms with van der Waals surface area (Å²) in [5.74, 6) is -0.775. The summed E-state index contributed by atoms with van der Waals surface area (Å²) in [7, 11) is 3.73. The molecule has 0 amide bonds. The van der Waals surface area contributed by atoms with Crippen LogP contribution in [0.3, 0.4) is 0 Å². The summed E-state index contributed by atoms with van der Waals surface area (Å²) in [4.78, 5) is 24.3. The van der Waals surface area contributed by atoms with E-state index in [-0.39, 0.29) is 5.78 Å². The molecule has 6 rings (SSSR count). The number of ketones is 1. The zero-order chi connectivity index (χ0) is 27.8. The lowest BCUT2D eigenvalue weighted by atomic mass is 9.79.